The van der Waals surface area contributed by atoms with E-state index in [0.29, 0.717) is 18.0 Å². The van der Waals surface area contributed by atoms with Gasteiger partial charge in [0.05, 0.1) is 5.69 Å². The van der Waals surface area contributed by atoms with E-state index in [1.165, 1.54) is 6.92 Å². The Balaban J connectivity index is 3.04. The number of aryl methyl sites for hydroxylation is 1. The molecule has 20 heavy (non-hydrogen) atoms. The van der Waals surface area contributed by atoms with Crippen LogP contribution in [0, 0.1) is 17.7 Å². The molecule has 1 rings (SSSR count). The highest BCUT2D eigenvalue weighted by molar-refractivity contribution is 6.09. The Morgan fingerprint density at radius 1 is 1.30 bits per heavy atom. The molecule has 0 aliphatic carbocycles. The number of aliphatic imine (C=N–C) groups is 1. The molecule has 0 fully saturated rings. The van der Waals surface area contributed by atoms with Crippen molar-refractivity contribution in [1.82, 2.24) is 5.32 Å². The number of benzene rings is 1. The number of hydrogen-bond acceptors (Lipinski definition) is 3. The van der Waals surface area contributed by atoms with E-state index in [9.17, 15) is 4.79 Å². The molecule has 0 heterocycles. The van der Waals surface area contributed by atoms with Crippen LogP contribution < -0.4 is 5.32 Å². The molecule has 1 amide bonds. The molecule has 0 spiro atoms. The van der Waals surface area contributed by atoms with Gasteiger partial charge in [-0.05, 0) is 24.0 Å². The van der Waals surface area contributed by atoms with Crippen molar-refractivity contribution in [2.24, 2.45) is 10.4 Å². The second-order valence-corrected chi connectivity index (χ2v) is 5.93. The Labute approximate surface area is 120 Å². The lowest BCUT2D eigenvalue weighted by molar-refractivity contribution is -0.117. The summed E-state index contributed by atoms with van der Waals surface area (Å²) in [6.45, 7) is 9.37. The number of para-hydroxylation sites is 1. The Kier molecular flexibility index (Phi) is 5.19. The minimum absolute atomic E-state index is 0.168. The molecular formula is C16H23N3O. The van der Waals surface area contributed by atoms with E-state index >= 15 is 0 Å². The first-order chi connectivity index (χ1) is 9.20. The predicted molar refractivity (Wildman–Crippen MR) is 83.9 cm³/mol. The molecule has 0 aliphatic rings. The number of carbonyl (C=O) groups excluding carboxylic acids is 1. The fraction of sp³-hybridized carbons (Fsp3) is 0.438. The van der Waals surface area contributed by atoms with Crippen LogP contribution in [0.3, 0.4) is 0 Å². The van der Waals surface area contributed by atoms with Crippen LogP contribution in [0.15, 0.2) is 29.3 Å². The normalized spacial score (nSPS) is 12.2. The van der Waals surface area contributed by atoms with Crippen molar-refractivity contribution >= 4 is 23.1 Å². The second kappa shape index (κ2) is 6.46. The van der Waals surface area contributed by atoms with Crippen LogP contribution in [0.25, 0.3) is 0 Å². The van der Waals surface area contributed by atoms with Crippen LogP contribution in [0.4, 0.5) is 5.69 Å². The molecule has 0 unspecified atom stereocenters. The minimum Gasteiger partial charge on any atom is -0.314 e. The number of hydrogen-bond donors (Lipinski definition) is 2. The minimum atomic E-state index is -0.231. The van der Waals surface area contributed by atoms with Gasteiger partial charge in [0.25, 0.3) is 0 Å². The van der Waals surface area contributed by atoms with Gasteiger partial charge in [0.15, 0.2) is 0 Å². The van der Waals surface area contributed by atoms with Crippen LogP contribution in [0.2, 0.25) is 0 Å². The molecule has 4 nitrogen and oxygen atoms in total. The van der Waals surface area contributed by atoms with Crippen LogP contribution >= 0.6 is 0 Å². The van der Waals surface area contributed by atoms with Crippen LogP contribution in [-0.2, 0) is 4.79 Å². The number of carbonyl (C=O) groups is 1. The maximum absolute atomic E-state index is 11.3. The summed E-state index contributed by atoms with van der Waals surface area (Å²) >= 11 is 0. The first-order valence-corrected chi connectivity index (χ1v) is 6.69. The Morgan fingerprint density at radius 2 is 1.90 bits per heavy atom. The summed E-state index contributed by atoms with van der Waals surface area (Å²) in [7, 11) is 0. The Hall–Kier alpha value is -1.97. The molecule has 0 bridgehead atoms. The van der Waals surface area contributed by atoms with E-state index in [1.54, 1.807) is 0 Å². The molecule has 0 aromatic heterocycles. The average molecular weight is 273 g/mol. The van der Waals surface area contributed by atoms with Gasteiger partial charge in [-0.25, -0.2) is 4.99 Å². The third-order valence-electron chi connectivity index (χ3n) is 2.94. The molecule has 0 saturated carbocycles. The van der Waals surface area contributed by atoms with Gasteiger partial charge in [-0.1, -0.05) is 39.0 Å². The molecule has 1 aromatic rings. The topological polar surface area (TPSA) is 65.3 Å². The van der Waals surface area contributed by atoms with E-state index in [0.717, 1.165) is 11.3 Å². The van der Waals surface area contributed by atoms with Gasteiger partial charge in [0.1, 0.15) is 5.84 Å². The number of nitrogens with one attached hydrogen (secondary N) is 2. The van der Waals surface area contributed by atoms with E-state index in [4.69, 9.17) is 5.41 Å². The zero-order valence-electron chi connectivity index (χ0n) is 12.9. The van der Waals surface area contributed by atoms with Gasteiger partial charge < -0.3 is 10.7 Å². The summed E-state index contributed by atoms with van der Waals surface area (Å²) < 4.78 is 0. The zero-order chi connectivity index (χ0) is 15.3. The smallest absolute Gasteiger partial charge is 0.222 e. The molecule has 0 radical (unpaired) electrons. The monoisotopic (exact) mass is 273 g/mol. The van der Waals surface area contributed by atoms with E-state index in [2.05, 4.69) is 10.3 Å². The van der Waals surface area contributed by atoms with Crippen molar-refractivity contribution in [1.29, 1.82) is 5.41 Å². The highest BCUT2D eigenvalue weighted by Crippen LogP contribution is 2.20. The van der Waals surface area contributed by atoms with E-state index in [1.807, 2.05) is 52.0 Å². The highest BCUT2D eigenvalue weighted by atomic mass is 16.1. The Morgan fingerprint density at radius 3 is 2.40 bits per heavy atom. The lowest BCUT2D eigenvalue weighted by atomic mass is 9.88. The average Bonchev–Trinajstić information content (AvgIpc) is 2.30. The second-order valence-electron chi connectivity index (χ2n) is 5.93. The highest BCUT2D eigenvalue weighted by Gasteiger charge is 2.19. The summed E-state index contributed by atoms with van der Waals surface area (Å²) in [5.41, 5.74) is 2.17. The van der Waals surface area contributed by atoms with Crippen molar-refractivity contribution in [3.8, 4) is 0 Å². The molecular weight excluding hydrogens is 250 g/mol. The van der Waals surface area contributed by atoms with Gasteiger partial charge in [-0.3, -0.25) is 4.79 Å². The third kappa shape index (κ3) is 4.96. The van der Waals surface area contributed by atoms with Gasteiger partial charge in [0, 0.05) is 19.1 Å². The van der Waals surface area contributed by atoms with Crippen LogP contribution in [0.5, 0.6) is 0 Å². The van der Waals surface area contributed by atoms with Crippen molar-refractivity contribution in [2.75, 3.05) is 0 Å². The fourth-order valence-electron chi connectivity index (χ4n) is 1.58. The summed E-state index contributed by atoms with van der Waals surface area (Å²) in [4.78, 5) is 15.8. The van der Waals surface area contributed by atoms with E-state index < -0.39 is 0 Å². The van der Waals surface area contributed by atoms with Gasteiger partial charge in [-0.15, -0.1) is 0 Å². The number of amides is 1. The molecule has 2 N–H and O–H groups in total. The SMILES string of the molecule is CC(=O)NC(CC(=N)C(C)(C)C)=Nc1ccccc1C. The maximum Gasteiger partial charge on any atom is 0.222 e. The van der Waals surface area contributed by atoms with E-state index in [-0.39, 0.29) is 11.3 Å². The van der Waals surface area contributed by atoms with Gasteiger partial charge in [0.2, 0.25) is 5.91 Å². The lowest BCUT2D eigenvalue weighted by Crippen LogP contribution is -2.33. The molecule has 4 heteroatoms. The molecule has 1 aromatic carbocycles. The number of amidine groups is 1. The van der Waals surface area contributed by atoms with Crippen LogP contribution in [-0.4, -0.2) is 17.5 Å². The number of nitrogens with zero attached hydrogens (tertiary/aromatic N) is 1. The summed E-state index contributed by atoms with van der Waals surface area (Å²) in [5, 5.41) is 10.8. The first-order valence-electron chi connectivity index (χ1n) is 6.69. The van der Waals surface area contributed by atoms with Crippen molar-refractivity contribution in [3.63, 3.8) is 0 Å². The van der Waals surface area contributed by atoms with Crippen molar-refractivity contribution in [2.45, 2.75) is 41.0 Å². The fourth-order valence-corrected chi connectivity index (χ4v) is 1.58. The van der Waals surface area contributed by atoms with Crippen molar-refractivity contribution < 1.29 is 4.79 Å². The van der Waals surface area contributed by atoms with Crippen molar-refractivity contribution in [3.05, 3.63) is 29.8 Å². The summed E-state index contributed by atoms with van der Waals surface area (Å²) in [6, 6.07) is 7.73. The molecule has 0 aliphatic heterocycles. The Bertz CT molecular complexity index is 539. The predicted octanol–water partition coefficient (Wildman–Crippen LogP) is 3.62. The summed E-state index contributed by atoms with van der Waals surface area (Å²) in [5.74, 6) is 0.353. The summed E-state index contributed by atoms with van der Waals surface area (Å²) in [6.07, 6.45) is 0.345. The molecule has 108 valence electrons. The first kappa shape index (κ1) is 16.1. The van der Waals surface area contributed by atoms with Gasteiger partial charge >= 0.3 is 0 Å². The largest absolute Gasteiger partial charge is 0.314 e. The third-order valence-corrected chi connectivity index (χ3v) is 2.94. The number of rotatable bonds is 3. The quantitative estimate of drug-likeness (QED) is 0.641. The molecule has 0 saturated heterocycles. The standard InChI is InChI=1S/C16H23N3O/c1-11-8-6-7-9-13(11)19-15(18-12(2)20)10-14(17)16(3,4)5/h6-9,17H,10H2,1-5H3,(H,18,19,20). The lowest BCUT2D eigenvalue weighted by Gasteiger charge is -2.20. The zero-order valence-corrected chi connectivity index (χ0v) is 12.9. The van der Waals surface area contributed by atoms with Gasteiger partial charge in [-0.2, -0.15) is 0 Å². The van der Waals surface area contributed by atoms with Crippen LogP contribution in [0.1, 0.15) is 39.7 Å². The maximum atomic E-state index is 11.3. The molecule has 0 atom stereocenters.